The van der Waals surface area contributed by atoms with Crippen LogP contribution in [0.1, 0.15) is 38.5 Å². The summed E-state index contributed by atoms with van der Waals surface area (Å²) < 4.78 is 0. The van der Waals surface area contributed by atoms with Crippen LogP contribution in [0.5, 0.6) is 0 Å². The van der Waals surface area contributed by atoms with Crippen molar-refractivity contribution in [1.29, 1.82) is 0 Å². The molecule has 1 radical (unpaired) electrons. The average Bonchev–Trinajstić information content (AvgIpc) is 2.02. The van der Waals surface area contributed by atoms with Gasteiger partial charge in [0.15, 0.2) is 0 Å². The van der Waals surface area contributed by atoms with Gasteiger partial charge in [0, 0.05) is 0 Å². The van der Waals surface area contributed by atoms with Gasteiger partial charge in [0.2, 0.25) is 0 Å². The maximum atomic E-state index is 4.05. The molecular weight excluding hydrogens is 120 g/mol. The highest BCUT2D eigenvalue weighted by Gasteiger charge is 1.98. The Morgan fingerprint density at radius 3 is 2.80 bits per heavy atom. The number of hydrogen-bond donors (Lipinski definition) is 0. The minimum atomic E-state index is 0.582. The van der Waals surface area contributed by atoms with Crippen molar-refractivity contribution in [3.8, 4) is 0 Å². The van der Waals surface area contributed by atoms with Gasteiger partial charge in [0.25, 0.3) is 0 Å². The van der Waals surface area contributed by atoms with E-state index in [2.05, 4.69) is 19.1 Å². The summed E-state index contributed by atoms with van der Waals surface area (Å²) in [6, 6.07) is 0. The van der Waals surface area contributed by atoms with Crippen molar-refractivity contribution < 1.29 is 0 Å². The fraction of sp³-hybridized carbons (Fsp3) is 0.700. The predicted octanol–water partition coefficient (Wildman–Crippen LogP) is 3.35. The van der Waals surface area contributed by atoms with Crippen LogP contribution in [-0.2, 0) is 0 Å². The van der Waals surface area contributed by atoms with E-state index in [0.29, 0.717) is 5.92 Å². The van der Waals surface area contributed by atoms with Crippen molar-refractivity contribution in [1.82, 2.24) is 0 Å². The molecular formula is C10H17. The van der Waals surface area contributed by atoms with Gasteiger partial charge >= 0.3 is 0 Å². The summed E-state index contributed by atoms with van der Waals surface area (Å²) in [5.74, 6) is 0.582. The average molecular weight is 137 g/mol. The van der Waals surface area contributed by atoms with E-state index in [1.165, 1.54) is 38.5 Å². The first-order valence-electron chi connectivity index (χ1n) is 4.39. The smallest absolute Gasteiger partial charge is 0.0233 e. The zero-order valence-electron chi connectivity index (χ0n) is 6.68. The molecule has 0 nitrogen and oxygen atoms in total. The zero-order chi connectivity index (χ0) is 7.23. The molecule has 0 bridgehead atoms. The summed E-state index contributed by atoms with van der Waals surface area (Å²) >= 11 is 0. The van der Waals surface area contributed by atoms with Crippen molar-refractivity contribution in [3.63, 3.8) is 0 Å². The Morgan fingerprint density at radius 2 is 1.90 bits per heavy atom. The molecule has 0 aromatic rings. The molecule has 57 valence electrons. The lowest BCUT2D eigenvalue weighted by atomic mass is 10.0. The van der Waals surface area contributed by atoms with Crippen molar-refractivity contribution >= 4 is 0 Å². The Hall–Kier alpha value is -0.260. The summed E-state index contributed by atoms with van der Waals surface area (Å²) in [6.07, 6.45) is 12.7. The molecule has 0 heterocycles. The van der Waals surface area contributed by atoms with Gasteiger partial charge in [-0.25, -0.2) is 0 Å². The lowest BCUT2D eigenvalue weighted by molar-refractivity contribution is 0.591. The van der Waals surface area contributed by atoms with Gasteiger partial charge in [0.1, 0.15) is 0 Å². The van der Waals surface area contributed by atoms with Crippen LogP contribution in [-0.4, -0.2) is 0 Å². The molecule has 0 heteroatoms. The molecule has 0 N–H and O–H groups in total. The molecule has 10 heavy (non-hydrogen) atoms. The van der Waals surface area contributed by atoms with Crippen LogP contribution >= 0.6 is 0 Å². The van der Waals surface area contributed by atoms with E-state index in [1.807, 2.05) is 0 Å². The Morgan fingerprint density at radius 1 is 1.10 bits per heavy atom. The third kappa shape index (κ3) is 3.05. The molecule has 0 amide bonds. The largest absolute Gasteiger partial charge is 0.0883 e. The van der Waals surface area contributed by atoms with Gasteiger partial charge < -0.3 is 0 Å². The molecule has 0 aromatic carbocycles. The molecule has 1 atom stereocenters. The van der Waals surface area contributed by atoms with E-state index in [-0.39, 0.29) is 0 Å². The van der Waals surface area contributed by atoms with Crippen LogP contribution < -0.4 is 0 Å². The highest BCUT2D eigenvalue weighted by Crippen LogP contribution is 2.15. The summed E-state index contributed by atoms with van der Waals surface area (Å²) in [5, 5.41) is 0. The Balaban J connectivity index is 2.28. The third-order valence-electron chi connectivity index (χ3n) is 2.10. The molecule has 0 aliphatic heterocycles. The topological polar surface area (TPSA) is 0 Å². The highest BCUT2D eigenvalue weighted by molar-refractivity contribution is 4.90. The molecule has 1 unspecified atom stereocenters. The minimum Gasteiger partial charge on any atom is -0.0883 e. The normalized spacial score (nSPS) is 31.9. The molecule has 1 aliphatic rings. The molecule has 1 aliphatic carbocycles. The second-order valence-corrected chi connectivity index (χ2v) is 3.18. The first-order valence-corrected chi connectivity index (χ1v) is 4.39. The maximum Gasteiger partial charge on any atom is -0.0233 e. The van der Waals surface area contributed by atoms with Crippen LogP contribution in [0.3, 0.4) is 0 Å². The van der Waals surface area contributed by atoms with Crippen molar-refractivity contribution in [2.75, 3.05) is 0 Å². The Bertz CT molecular complexity index is 103. The first-order chi connectivity index (χ1) is 4.89. The van der Waals surface area contributed by atoms with E-state index in [1.54, 1.807) is 0 Å². The molecule has 0 saturated carbocycles. The van der Waals surface area contributed by atoms with Gasteiger partial charge in [-0.05, 0) is 32.1 Å². The van der Waals surface area contributed by atoms with Crippen LogP contribution in [0.15, 0.2) is 12.2 Å². The Labute approximate surface area is 64.3 Å². The van der Waals surface area contributed by atoms with Crippen molar-refractivity contribution in [2.24, 2.45) is 5.92 Å². The van der Waals surface area contributed by atoms with Crippen LogP contribution in [0.2, 0.25) is 0 Å². The second-order valence-electron chi connectivity index (χ2n) is 3.18. The predicted molar refractivity (Wildman–Crippen MR) is 45.7 cm³/mol. The van der Waals surface area contributed by atoms with E-state index in [4.69, 9.17) is 0 Å². The lowest BCUT2D eigenvalue weighted by Crippen LogP contribution is -1.88. The SMILES string of the molecule is [CH2]C1/C=C\CCCCCC1. The van der Waals surface area contributed by atoms with Gasteiger partial charge in [-0.2, -0.15) is 0 Å². The standard InChI is InChI=1S/C10H17/c1-10-8-6-4-2-3-5-7-9-10/h6,8,10H,1-5,7,9H2/b8-6-. The minimum absolute atomic E-state index is 0.582. The fourth-order valence-electron chi connectivity index (χ4n) is 1.41. The number of allylic oxidation sites excluding steroid dienone is 2. The van der Waals surface area contributed by atoms with E-state index >= 15 is 0 Å². The molecule has 0 saturated heterocycles. The molecule has 0 spiro atoms. The number of hydrogen-bond acceptors (Lipinski definition) is 0. The first kappa shape index (κ1) is 7.84. The monoisotopic (exact) mass is 137 g/mol. The quantitative estimate of drug-likeness (QED) is 0.449. The van der Waals surface area contributed by atoms with E-state index < -0.39 is 0 Å². The molecule has 0 fully saturated rings. The second kappa shape index (κ2) is 4.54. The highest BCUT2D eigenvalue weighted by atomic mass is 14.0. The van der Waals surface area contributed by atoms with E-state index in [9.17, 15) is 0 Å². The van der Waals surface area contributed by atoms with Crippen LogP contribution in [0.4, 0.5) is 0 Å². The maximum absolute atomic E-state index is 4.05. The molecule has 1 rings (SSSR count). The number of rotatable bonds is 0. The lowest BCUT2D eigenvalue weighted by Gasteiger charge is -2.02. The third-order valence-corrected chi connectivity index (χ3v) is 2.10. The van der Waals surface area contributed by atoms with Gasteiger partial charge in [-0.3, -0.25) is 0 Å². The summed E-state index contributed by atoms with van der Waals surface area (Å²) in [7, 11) is 0. The van der Waals surface area contributed by atoms with Crippen LogP contribution in [0, 0.1) is 12.8 Å². The summed E-state index contributed by atoms with van der Waals surface area (Å²) in [6.45, 7) is 4.05. The molecule has 0 aromatic heterocycles. The summed E-state index contributed by atoms with van der Waals surface area (Å²) in [5.41, 5.74) is 0. The van der Waals surface area contributed by atoms with Crippen molar-refractivity contribution in [3.05, 3.63) is 19.1 Å². The Kier molecular flexibility index (Phi) is 3.56. The fourth-order valence-corrected chi connectivity index (χ4v) is 1.41. The van der Waals surface area contributed by atoms with Gasteiger partial charge in [-0.1, -0.05) is 31.4 Å². The summed E-state index contributed by atoms with van der Waals surface area (Å²) in [4.78, 5) is 0. The van der Waals surface area contributed by atoms with E-state index in [0.717, 1.165) is 0 Å². The van der Waals surface area contributed by atoms with Crippen molar-refractivity contribution in [2.45, 2.75) is 38.5 Å². The van der Waals surface area contributed by atoms with Gasteiger partial charge in [0.05, 0.1) is 0 Å². The van der Waals surface area contributed by atoms with Crippen LogP contribution in [0.25, 0.3) is 0 Å². The van der Waals surface area contributed by atoms with Gasteiger partial charge in [-0.15, -0.1) is 0 Å². The zero-order valence-corrected chi connectivity index (χ0v) is 6.68.